The molecule has 0 saturated carbocycles. The Morgan fingerprint density at radius 1 is 1.15 bits per heavy atom. The van der Waals surface area contributed by atoms with Gasteiger partial charge < -0.3 is 9.80 Å². The molecule has 2 aliphatic rings. The number of rotatable bonds is 6. The average molecular weight is 483 g/mol. The van der Waals surface area contributed by atoms with Crippen molar-refractivity contribution >= 4 is 27.6 Å². The molecule has 1 aromatic carbocycles. The molecule has 3 rings (SSSR count). The van der Waals surface area contributed by atoms with E-state index in [1.807, 2.05) is 0 Å². The summed E-state index contributed by atoms with van der Waals surface area (Å²) in [6.45, 7) is 3.25. The summed E-state index contributed by atoms with van der Waals surface area (Å²) in [7, 11) is 0.381. The molecule has 2 saturated heterocycles. The van der Waals surface area contributed by atoms with Gasteiger partial charge in [0.2, 0.25) is 21.7 Å². The van der Waals surface area contributed by atoms with Crippen molar-refractivity contribution in [3.63, 3.8) is 0 Å². The van der Waals surface area contributed by atoms with Crippen LogP contribution < -0.4 is 0 Å². The molecule has 0 spiro atoms. The van der Waals surface area contributed by atoms with E-state index in [0.29, 0.717) is 19.4 Å². The van der Waals surface area contributed by atoms with E-state index >= 15 is 0 Å². The Hall–Kier alpha value is -2.37. The van der Waals surface area contributed by atoms with Gasteiger partial charge in [-0.1, -0.05) is 12.1 Å². The van der Waals surface area contributed by atoms with Gasteiger partial charge in [0.05, 0.1) is 12.6 Å². The van der Waals surface area contributed by atoms with Crippen molar-refractivity contribution in [3.05, 3.63) is 35.6 Å². The van der Waals surface area contributed by atoms with Gasteiger partial charge in [-0.05, 0) is 44.4 Å². The molecular weight excluding hydrogens is 451 g/mol. The lowest BCUT2D eigenvalue weighted by atomic mass is 9.94. The smallest absolute Gasteiger partial charge is 0.292 e. The van der Waals surface area contributed by atoms with Crippen LogP contribution in [-0.4, -0.2) is 96.2 Å². The van der Waals surface area contributed by atoms with Gasteiger partial charge in [0, 0.05) is 34.2 Å². The maximum Gasteiger partial charge on any atom is 0.292 e. The molecule has 0 aromatic heterocycles. The largest absolute Gasteiger partial charge is 0.338 e. The normalized spacial score (nSPS) is 22.5. The molecule has 9 nitrogen and oxygen atoms in total. The van der Waals surface area contributed by atoms with E-state index in [2.05, 4.69) is 0 Å². The topological polar surface area (TPSA) is 98.3 Å². The average Bonchev–Trinajstić information content (AvgIpc) is 2.76. The van der Waals surface area contributed by atoms with Crippen LogP contribution in [0.2, 0.25) is 0 Å². The van der Waals surface area contributed by atoms with Crippen molar-refractivity contribution in [3.8, 4) is 0 Å². The fraction of sp³-hybridized carbons (Fsp3) is 0.591. The summed E-state index contributed by atoms with van der Waals surface area (Å²) >= 11 is 0. The first-order valence-corrected chi connectivity index (χ1v) is 12.2. The molecule has 2 aliphatic heterocycles. The third kappa shape index (κ3) is 4.53. The number of piperidine rings is 1. The van der Waals surface area contributed by atoms with E-state index in [1.54, 1.807) is 24.1 Å². The van der Waals surface area contributed by atoms with Gasteiger partial charge in [0.1, 0.15) is 12.0 Å². The van der Waals surface area contributed by atoms with Crippen molar-refractivity contribution < 1.29 is 27.2 Å². The standard InChI is InChI=1S/C22H31FN4O5S/c1-22(2,33(31,32)24(3)4)21(30)25(5)17-7-6-12-27-19(17)26(14-18(28)20(27)29)13-15-8-10-16(23)11-9-15/h8-11,17,19H,6-7,12-14H2,1-5H3. The summed E-state index contributed by atoms with van der Waals surface area (Å²) in [5.41, 5.74) is 0.757. The monoisotopic (exact) mass is 482 g/mol. The predicted molar refractivity (Wildman–Crippen MR) is 120 cm³/mol. The van der Waals surface area contributed by atoms with Crippen LogP contribution in [0.15, 0.2) is 24.3 Å². The van der Waals surface area contributed by atoms with Gasteiger partial charge >= 0.3 is 0 Å². The maximum atomic E-state index is 13.4. The van der Waals surface area contributed by atoms with Gasteiger partial charge in [-0.2, -0.15) is 0 Å². The molecule has 0 aliphatic carbocycles. The molecule has 2 atom stereocenters. The highest BCUT2D eigenvalue weighted by molar-refractivity contribution is 7.91. The van der Waals surface area contributed by atoms with E-state index in [-0.39, 0.29) is 18.9 Å². The minimum atomic E-state index is -3.92. The number of amides is 2. The highest BCUT2D eigenvalue weighted by Crippen LogP contribution is 2.31. The number of hydrogen-bond donors (Lipinski definition) is 0. The number of likely N-dealkylation sites (N-methyl/N-ethyl adjacent to an activating group) is 1. The fourth-order valence-corrected chi connectivity index (χ4v) is 5.91. The van der Waals surface area contributed by atoms with Crippen LogP contribution in [0.25, 0.3) is 0 Å². The van der Waals surface area contributed by atoms with Crippen LogP contribution in [0, 0.1) is 5.82 Å². The number of sulfonamides is 1. The lowest BCUT2D eigenvalue weighted by Gasteiger charge is -2.52. The van der Waals surface area contributed by atoms with Crippen LogP contribution in [-0.2, 0) is 31.0 Å². The molecule has 182 valence electrons. The highest BCUT2D eigenvalue weighted by Gasteiger charge is 2.51. The minimum absolute atomic E-state index is 0.130. The Balaban J connectivity index is 1.95. The Morgan fingerprint density at radius 2 is 1.76 bits per heavy atom. The number of carbonyl (C=O) groups excluding carboxylic acids is 3. The number of benzene rings is 1. The third-order valence-electron chi connectivity index (χ3n) is 6.54. The molecule has 0 radical (unpaired) electrons. The molecule has 1 aromatic rings. The van der Waals surface area contributed by atoms with Crippen molar-refractivity contribution in [1.82, 2.24) is 19.0 Å². The first-order chi connectivity index (χ1) is 15.3. The number of nitrogens with zero attached hydrogens (tertiary/aromatic N) is 4. The lowest BCUT2D eigenvalue weighted by molar-refractivity contribution is -0.166. The van der Waals surface area contributed by atoms with Crippen LogP contribution in [0.4, 0.5) is 4.39 Å². The summed E-state index contributed by atoms with van der Waals surface area (Å²) in [5.74, 6) is -2.11. The zero-order chi connectivity index (χ0) is 24.7. The lowest BCUT2D eigenvalue weighted by Crippen LogP contribution is -2.70. The zero-order valence-electron chi connectivity index (χ0n) is 19.6. The Bertz CT molecular complexity index is 1040. The predicted octanol–water partition coefficient (Wildman–Crippen LogP) is 0.656. The molecule has 2 fully saturated rings. The number of hydrogen-bond acceptors (Lipinski definition) is 6. The van der Waals surface area contributed by atoms with Gasteiger partial charge in [-0.3, -0.25) is 19.3 Å². The Morgan fingerprint density at radius 3 is 2.33 bits per heavy atom. The van der Waals surface area contributed by atoms with E-state index < -0.39 is 44.6 Å². The Kier molecular flexibility index (Phi) is 6.97. The van der Waals surface area contributed by atoms with Crippen molar-refractivity contribution in [2.24, 2.45) is 0 Å². The number of fused-ring (bicyclic) bond motifs is 1. The summed E-state index contributed by atoms with van der Waals surface area (Å²) in [6, 6.07) is 5.36. The zero-order valence-corrected chi connectivity index (χ0v) is 20.4. The molecule has 33 heavy (non-hydrogen) atoms. The van der Waals surface area contributed by atoms with Crippen LogP contribution >= 0.6 is 0 Å². The van der Waals surface area contributed by atoms with E-state index in [4.69, 9.17) is 0 Å². The van der Waals surface area contributed by atoms with Crippen molar-refractivity contribution in [2.45, 2.75) is 50.2 Å². The third-order valence-corrected chi connectivity index (χ3v) is 8.97. The first-order valence-electron chi connectivity index (χ1n) is 10.8. The quantitative estimate of drug-likeness (QED) is 0.553. The van der Waals surface area contributed by atoms with Gasteiger partial charge in [0.25, 0.3) is 5.91 Å². The van der Waals surface area contributed by atoms with Crippen molar-refractivity contribution in [2.75, 3.05) is 34.2 Å². The molecule has 2 amide bonds. The van der Waals surface area contributed by atoms with Gasteiger partial charge in [0.15, 0.2) is 4.75 Å². The second-order valence-electron chi connectivity index (χ2n) is 9.29. The fourth-order valence-electron chi connectivity index (χ4n) is 4.64. The number of halogens is 1. The number of ketones is 1. The number of carbonyl (C=O) groups is 3. The molecule has 11 heteroatoms. The highest BCUT2D eigenvalue weighted by atomic mass is 32.2. The van der Waals surface area contributed by atoms with Crippen LogP contribution in [0.1, 0.15) is 32.3 Å². The molecule has 2 unspecified atom stereocenters. The molecule has 2 heterocycles. The SMILES string of the molecule is CN(C(=O)C(C)(C)S(=O)(=O)N(C)C)C1CCCN2C(=O)C(=O)CN(Cc3ccc(F)cc3)C12. The second-order valence-corrected chi connectivity index (χ2v) is 12.0. The molecule has 0 N–H and O–H groups in total. The summed E-state index contributed by atoms with van der Waals surface area (Å²) in [6.07, 6.45) is 0.521. The number of Topliss-reactive ketones (excluding diaryl/α,β-unsaturated/α-hetero) is 1. The minimum Gasteiger partial charge on any atom is -0.338 e. The van der Waals surface area contributed by atoms with Gasteiger partial charge in [-0.15, -0.1) is 0 Å². The summed E-state index contributed by atoms with van der Waals surface area (Å²) < 4.78 is 38.3. The summed E-state index contributed by atoms with van der Waals surface area (Å²) in [4.78, 5) is 43.2. The van der Waals surface area contributed by atoms with E-state index in [0.717, 1.165) is 9.87 Å². The summed E-state index contributed by atoms with van der Waals surface area (Å²) in [5, 5.41) is 0. The van der Waals surface area contributed by atoms with E-state index in [1.165, 1.54) is 49.9 Å². The van der Waals surface area contributed by atoms with Crippen LogP contribution in [0.3, 0.4) is 0 Å². The van der Waals surface area contributed by atoms with Crippen molar-refractivity contribution in [1.29, 1.82) is 0 Å². The van der Waals surface area contributed by atoms with Gasteiger partial charge in [-0.25, -0.2) is 17.1 Å². The molecule has 0 bridgehead atoms. The molecular formula is C22H31FN4O5S. The first kappa shape index (κ1) is 25.3. The Labute approximate surface area is 194 Å². The van der Waals surface area contributed by atoms with Crippen LogP contribution in [0.5, 0.6) is 0 Å². The maximum absolute atomic E-state index is 13.4. The second kappa shape index (κ2) is 9.11. The van der Waals surface area contributed by atoms with E-state index in [9.17, 15) is 27.2 Å².